The average Bonchev–Trinajstić information content (AvgIpc) is 3.38. The Bertz CT molecular complexity index is 1090. The van der Waals surface area contributed by atoms with Crippen molar-refractivity contribution in [1.29, 1.82) is 0 Å². The first kappa shape index (κ1) is 24.6. The molecule has 2 aliphatic rings. The lowest BCUT2D eigenvalue weighted by Crippen LogP contribution is -2.36. The Hall–Kier alpha value is -3.55. The molecule has 1 unspecified atom stereocenters. The molecule has 2 amide bonds. The van der Waals surface area contributed by atoms with Crippen LogP contribution in [0.25, 0.3) is 0 Å². The quantitative estimate of drug-likeness (QED) is 0.551. The Morgan fingerprint density at radius 3 is 2.63 bits per heavy atom. The minimum atomic E-state index is -0.544. The van der Waals surface area contributed by atoms with Crippen LogP contribution in [0, 0.1) is 5.92 Å². The van der Waals surface area contributed by atoms with Gasteiger partial charge in [-0.2, -0.15) is 5.10 Å². The Morgan fingerprint density at radius 2 is 1.91 bits per heavy atom. The van der Waals surface area contributed by atoms with Crippen LogP contribution in [-0.4, -0.2) is 43.0 Å². The zero-order chi connectivity index (χ0) is 24.8. The van der Waals surface area contributed by atoms with E-state index in [0.717, 1.165) is 41.9 Å². The van der Waals surface area contributed by atoms with Crippen molar-refractivity contribution < 1.29 is 23.8 Å². The van der Waals surface area contributed by atoms with Gasteiger partial charge in [-0.1, -0.05) is 19.1 Å². The maximum atomic E-state index is 12.9. The number of ether oxygens (including phenoxy) is 3. The molecule has 4 rings (SSSR count). The summed E-state index contributed by atoms with van der Waals surface area (Å²) in [6, 6.07) is 13.2. The van der Waals surface area contributed by atoms with E-state index in [1.807, 2.05) is 36.4 Å². The van der Waals surface area contributed by atoms with Gasteiger partial charge in [-0.3, -0.25) is 10.1 Å². The molecule has 1 fully saturated rings. The van der Waals surface area contributed by atoms with Crippen molar-refractivity contribution in [1.82, 2.24) is 5.01 Å². The third-order valence-electron chi connectivity index (χ3n) is 6.56. The van der Waals surface area contributed by atoms with E-state index in [1.54, 1.807) is 13.2 Å². The highest BCUT2D eigenvalue weighted by molar-refractivity contribution is 6.06. The molecule has 1 aliphatic heterocycles. The largest absolute Gasteiger partial charge is 0.493 e. The van der Waals surface area contributed by atoms with E-state index >= 15 is 0 Å². The number of hydrogen-bond acceptors (Lipinski definition) is 6. The molecule has 0 radical (unpaired) electrons. The van der Waals surface area contributed by atoms with E-state index in [2.05, 4.69) is 17.0 Å². The predicted molar refractivity (Wildman–Crippen MR) is 134 cm³/mol. The molecule has 1 aliphatic carbocycles. The topological polar surface area (TPSA) is 89.5 Å². The Morgan fingerprint density at radius 1 is 1.11 bits per heavy atom. The zero-order valence-corrected chi connectivity index (χ0v) is 20.6. The minimum absolute atomic E-state index is 0.0251. The molecule has 0 saturated heterocycles. The molecule has 35 heavy (non-hydrogen) atoms. The Balaban J connectivity index is 1.60. The molecule has 2 aromatic carbocycles. The number of methoxy groups -OCH3 is 2. The summed E-state index contributed by atoms with van der Waals surface area (Å²) in [5.41, 5.74) is 3.25. The predicted octanol–water partition coefficient (Wildman–Crippen LogP) is 5.36. The maximum Gasteiger partial charge on any atom is 0.411 e. The van der Waals surface area contributed by atoms with E-state index in [-0.39, 0.29) is 17.9 Å². The summed E-state index contributed by atoms with van der Waals surface area (Å²) in [7, 11) is 2.96. The van der Waals surface area contributed by atoms with Crippen LogP contribution in [0.1, 0.15) is 56.6 Å². The number of rotatable bonds is 8. The SMILES string of the molecule is CCC1CC(=O)N(Cc2cccc(NC(=O)OC)c2)N=C1c1ccc(OC)c(OC2CCCC2)c1. The first-order valence-corrected chi connectivity index (χ1v) is 12.2. The molecule has 1 heterocycles. The second-order valence-corrected chi connectivity index (χ2v) is 8.95. The average molecular weight is 480 g/mol. The lowest BCUT2D eigenvalue weighted by atomic mass is 9.89. The fraction of sp³-hybridized carbons (Fsp3) is 0.444. The van der Waals surface area contributed by atoms with Gasteiger partial charge in [0.05, 0.1) is 32.6 Å². The number of anilines is 1. The fourth-order valence-electron chi connectivity index (χ4n) is 4.64. The second-order valence-electron chi connectivity index (χ2n) is 8.95. The number of amides is 2. The lowest BCUT2D eigenvalue weighted by Gasteiger charge is -2.29. The van der Waals surface area contributed by atoms with Gasteiger partial charge in [0.1, 0.15) is 0 Å². The molecule has 8 heteroatoms. The van der Waals surface area contributed by atoms with Crippen LogP contribution in [0.15, 0.2) is 47.6 Å². The summed E-state index contributed by atoms with van der Waals surface area (Å²) in [6.07, 6.45) is 5.34. The van der Waals surface area contributed by atoms with Gasteiger partial charge in [0.25, 0.3) is 0 Å². The Kier molecular flexibility index (Phi) is 7.90. The third-order valence-corrected chi connectivity index (χ3v) is 6.56. The molecule has 1 N–H and O–H groups in total. The highest BCUT2D eigenvalue weighted by Gasteiger charge is 2.30. The van der Waals surface area contributed by atoms with E-state index in [1.165, 1.54) is 25.0 Å². The van der Waals surface area contributed by atoms with E-state index in [9.17, 15) is 9.59 Å². The fourth-order valence-corrected chi connectivity index (χ4v) is 4.64. The first-order chi connectivity index (χ1) is 17.0. The van der Waals surface area contributed by atoms with E-state index in [0.29, 0.717) is 24.4 Å². The first-order valence-electron chi connectivity index (χ1n) is 12.2. The van der Waals surface area contributed by atoms with Gasteiger partial charge in [-0.05, 0) is 68.0 Å². The van der Waals surface area contributed by atoms with E-state index < -0.39 is 6.09 Å². The van der Waals surface area contributed by atoms with Crippen LogP contribution < -0.4 is 14.8 Å². The number of nitrogens with one attached hydrogen (secondary N) is 1. The highest BCUT2D eigenvalue weighted by atomic mass is 16.5. The number of carbonyl (C=O) groups excluding carboxylic acids is 2. The van der Waals surface area contributed by atoms with Crippen LogP contribution in [0.5, 0.6) is 11.5 Å². The number of hydrazone groups is 1. The van der Waals surface area contributed by atoms with Crippen molar-refractivity contribution in [3.63, 3.8) is 0 Å². The Labute approximate surface area is 206 Å². The van der Waals surface area contributed by atoms with Crippen LogP contribution >= 0.6 is 0 Å². The minimum Gasteiger partial charge on any atom is -0.493 e. The standard InChI is InChI=1S/C27H33N3O5/c1-4-19-16-25(31)30(17-18-8-7-9-21(14-18)28-27(32)34-3)29-26(19)20-12-13-23(33-2)24(15-20)35-22-10-5-6-11-22/h7-9,12-15,19,22H,4-6,10-11,16-17H2,1-3H3,(H,28,32). The lowest BCUT2D eigenvalue weighted by molar-refractivity contribution is -0.133. The molecule has 1 saturated carbocycles. The van der Waals surface area contributed by atoms with Crippen LogP contribution in [-0.2, 0) is 16.1 Å². The molecular weight excluding hydrogens is 446 g/mol. The molecule has 2 aromatic rings. The van der Waals surface area contributed by atoms with Gasteiger partial charge in [0.2, 0.25) is 5.91 Å². The summed E-state index contributed by atoms with van der Waals surface area (Å²) < 4.78 is 16.5. The van der Waals surface area contributed by atoms with E-state index in [4.69, 9.17) is 14.6 Å². The summed E-state index contributed by atoms with van der Waals surface area (Å²) in [4.78, 5) is 24.5. The number of hydrogen-bond donors (Lipinski definition) is 1. The normalized spacial score (nSPS) is 18.3. The molecular formula is C27H33N3O5. The van der Waals surface area contributed by atoms with Gasteiger partial charge >= 0.3 is 6.09 Å². The van der Waals surface area contributed by atoms with Gasteiger partial charge in [0, 0.05) is 23.6 Å². The van der Waals surface area contributed by atoms with Crippen LogP contribution in [0.4, 0.5) is 10.5 Å². The number of nitrogens with zero attached hydrogens (tertiary/aromatic N) is 2. The molecule has 186 valence electrons. The number of carbonyl (C=O) groups is 2. The second kappa shape index (κ2) is 11.3. The summed E-state index contributed by atoms with van der Waals surface area (Å²) in [6.45, 7) is 2.38. The summed E-state index contributed by atoms with van der Waals surface area (Å²) in [5, 5.41) is 8.97. The molecule has 1 atom stereocenters. The monoisotopic (exact) mass is 479 g/mol. The molecule has 0 aromatic heterocycles. The van der Waals surface area contributed by atoms with Crippen molar-refractivity contribution in [2.75, 3.05) is 19.5 Å². The third kappa shape index (κ3) is 5.93. The zero-order valence-electron chi connectivity index (χ0n) is 20.6. The summed E-state index contributed by atoms with van der Waals surface area (Å²) in [5.74, 6) is 1.43. The van der Waals surface area contributed by atoms with Crippen molar-refractivity contribution in [3.05, 3.63) is 53.6 Å². The van der Waals surface area contributed by atoms with Crippen molar-refractivity contribution in [2.45, 2.75) is 58.1 Å². The highest BCUT2D eigenvalue weighted by Crippen LogP contribution is 2.34. The smallest absolute Gasteiger partial charge is 0.411 e. The molecule has 0 spiro atoms. The number of benzene rings is 2. The van der Waals surface area contributed by atoms with Crippen LogP contribution in [0.2, 0.25) is 0 Å². The molecule has 8 nitrogen and oxygen atoms in total. The maximum absolute atomic E-state index is 12.9. The summed E-state index contributed by atoms with van der Waals surface area (Å²) >= 11 is 0. The van der Waals surface area contributed by atoms with Gasteiger partial charge in [-0.15, -0.1) is 0 Å². The van der Waals surface area contributed by atoms with Gasteiger partial charge in [0.15, 0.2) is 11.5 Å². The molecule has 0 bridgehead atoms. The van der Waals surface area contributed by atoms with Crippen molar-refractivity contribution in [3.8, 4) is 11.5 Å². The van der Waals surface area contributed by atoms with Crippen LogP contribution in [0.3, 0.4) is 0 Å². The van der Waals surface area contributed by atoms with Gasteiger partial charge in [-0.25, -0.2) is 9.80 Å². The van der Waals surface area contributed by atoms with Crippen molar-refractivity contribution in [2.24, 2.45) is 11.0 Å². The van der Waals surface area contributed by atoms with Gasteiger partial charge < -0.3 is 14.2 Å². The van der Waals surface area contributed by atoms with Crippen molar-refractivity contribution >= 4 is 23.4 Å².